The fourth-order valence-electron chi connectivity index (χ4n) is 3.57. The lowest BCUT2D eigenvalue weighted by atomic mass is 9.97. The van der Waals surface area contributed by atoms with Crippen molar-refractivity contribution in [1.82, 2.24) is 0 Å². The zero-order valence-corrected chi connectivity index (χ0v) is 17.7. The number of carbonyl (C=O) groups excluding carboxylic acids is 2. The number of carbonyl (C=O) groups is 2. The third-order valence-electron chi connectivity index (χ3n) is 5.14. The summed E-state index contributed by atoms with van der Waals surface area (Å²) in [6.45, 7) is 1.06. The Labute approximate surface area is 167 Å². The molecule has 156 valence electrons. The summed E-state index contributed by atoms with van der Waals surface area (Å²) >= 11 is 0. The molecule has 0 aromatic heterocycles. The van der Waals surface area contributed by atoms with Crippen LogP contribution in [0.2, 0.25) is 0 Å². The van der Waals surface area contributed by atoms with Gasteiger partial charge in [-0.2, -0.15) is 0 Å². The lowest BCUT2D eigenvalue weighted by Gasteiger charge is -2.20. The van der Waals surface area contributed by atoms with Crippen molar-refractivity contribution in [3.05, 3.63) is 0 Å². The van der Waals surface area contributed by atoms with Crippen LogP contribution < -0.4 is 0 Å². The Bertz CT molecular complexity index is 490. The Morgan fingerprint density at radius 3 is 1.52 bits per heavy atom. The van der Waals surface area contributed by atoms with Crippen LogP contribution in [0.1, 0.15) is 57.8 Å². The molecule has 2 aliphatic rings. The quantitative estimate of drug-likeness (QED) is 0.451. The van der Waals surface area contributed by atoms with Crippen molar-refractivity contribution in [1.29, 1.82) is 0 Å². The third kappa shape index (κ3) is 8.85. The molecule has 2 saturated heterocycles. The number of ether oxygens (including phenoxy) is 2. The fraction of sp³-hybridized carbons (Fsp3) is 0.895. The highest BCUT2D eigenvalue weighted by atomic mass is 32.2. The Morgan fingerprint density at radius 2 is 1.11 bits per heavy atom. The summed E-state index contributed by atoms with van der Waals surface area (Å²) in [4.78, 5) is 23.1. The highest BCUT2D eigenvalue weighted by molar-refractivity contribution is 7.85. The molecule has 0 aliphatic carbocycles. The van der Waals surface area contributed by atoms with Crippen LogP contribution in [0.15, 0.2) is 0 Å². The van der Waals surface area contributed by atoms with E-state index < -0.39 is 21.6 Å². The molecule has 0 aromatic carbocycles. The molecule has 0 radical (unpaired) electrons. The molecular formula is C19H32O6S2. The van der Waals surface area contributed by atoms with Crippen LogP contribution >= 0.6 is 0 Å². The van der Waals surface area contributed by atoms with Crippen LogP contribution in [-0.2, 0) is 40.7 Å². The molecule has 0 N–H and O–H groups in total. The van der Waals surface area contributed by atoms with Gasteiger partial charge in [0.2, 0.25) is 0 Å². The van der Waals surface area contributed by atoms with Gasteiger partial charge in [0.1, 0.15) is 0 Å². The average molecular weight is 421 g/mol. The van der Waals surface area contributed by atoms with Crippen molar-refractivity contribution >= 4 is 33.5 Å². The zero-order valence-electron chi connectivity index (χ0n) is 16.0. The largest absolute Gasteiger partial charge is 0.465 e. The van der Waals surface area contributed by atoms with E-state index in [2.05, 4.69) is 0 Å². The van der Waals surface area contributed by atoms with Gasteiger partial charge in [0.05, 0.1) is 25.0 Å². The lowest BCUT2D eigenvalue weighted by Crippen LogP contribution is -2.24. The molecule has 0 bridgehead atoms. The van der Waals surface area contributed by atoms with Crippen molar-refractivity contribution in [2.24, 2.45) is 11.8 Å². The summed E-state index contributed by atoms with van der Waals surface area (Å²) < 4.78 is 34.2. The molecule has 2 rings (SSSR count). The van der Waals surface area contributed by atoms with Crippen molar-refractivity contribution in [3.8, 4) is 0 Å². The summed E-state index contributed by atoms with van der Waals surface area (Å²) in [7, 11) is -1.83. The molecular weight excluding hydrogens is 388 g/mol. The standard InChI is InChI=1S/C19H32O6S2/c20-18-16(6-1-10-24-18)8-3-12-26(22)14-5-15-27(23)13-4-9-17-7-2-11-25-19(17)21/h16-17H,1-15H2. The predicted molar refractivity (Wildman–Crippen MR) is 106 cm³/mol. The van der Waals surface area contributed by atoms with E-state index in [4.69, 9.17) is 9.47 Å². The second kappa shape index (κ2) is 12.6. The summed E-state index contributed by atoms with van der Waals surface area (Å²) in [6, 6.07) is 0. The van der Waals surface area contributed by atoms with Gasteiger partial charge in [0.25, 0.3) is 0 Å². The molecule has 0 amide bonds. The van der Waals surface area contributed by atoms with E-state index in [0.717, 1.165) is 51.4 Å². The molecule has 0 spiro atoms. The van der Waals surface area contributed by atoms with Crippen LogP contribution in [0.3, 0.4) is 0 Å². The van der Waals surface area contributed by atoms with Gasteiger partial charge < -0.3 is 9.47 Å². The second-order valence-electron chi connectivity index (χ2n) is 7.35. The number of esters is 2. The Kier molecular flexibility index (Phi) is 10.6. The highest BCUT2D eigenvalue weighted by Gasteiger charge is 2.24. The van der Waals surface area contributed by atoms with E-state index in [1.54, 1.807) is 0 Å². The van der Waals surface area contributed by atoms with Crippen LogP contribution in [0, 0.1) is 11.8 Å². The van der Waals surface area contributed by atoms with Gasteiger partial charge >= 0.3 is 11.9 Å². The van der Waals surface area contributed by atoms with Crippen molar-refractivity contribution < 1.29 is 27.5 Å². The van der Waals surface area contributed by atoms with Gasteiger partial charge in [-0.25, -0.2) is 0 Å². The minimum absolute atomic E-state index is 0.0234. The first-order valence-electron chi connectivity index (χ1n) is 10.1. The Morgan fingerprint density at radius 1 is 0.704 bits per heavy atom. The van der Waals surface area contributed by atoms with E-state index >= 15 is 0 Å². The smallest absolute Gasteiger partial charge is 0.308 e. The first-order valence-corrected chi connectivity index (χ1v) is 13.1. The molecule has 4 atom stereocenters. The molecule has 8 heteroatoms. The molecule has 4 unspecified atom stereocenters. The average Bonchev–Trinajstić information content (AvgIpc) is 2.65. The monoisotopic (exact) mass is 420 g/mol. The van der Waals surface area contributed by atoms with E-state index in [9.17, 15) is 18.0 Å². The molecule has 2 aliphatic heterocycles. The molecule has 6 nitrogen and oxygen atoms in total. The van der Waals surface area contributed by atoms with Gasteiger partial charge in [0, 0.05) is 44.6 Å². The van der Waals surface area contributed by atoms with Gasteiger partial charge in [-0.15, -0.1) is 0 Å². The van der Waals surface area contributed by atoms with Crippen LogP contribution in [-0.4, -0.2) is 56.6 Å². The maximum absolute atomic E-state index is 12.0. The van der Waals surface area contributed by atoms with Crippen LogP contribution in [0.5, 0.6) is 0 Å². The SMILES string of the molecule is O=C1OCCCC1CCCS(=O)CCCS(=O)CCCC1CCCOC1=O. The maximum Gasteiger partial charge on any atom is 0.308 e. The first-order chi connectivity index (χ1) is 13.1. The third-order valence-corrected chi connectivity index (χ3v) is 8.12. The van der Waals surface area contributed by atoms with Gasteiger partial charge in [-0.3, -0.25) is 18.0 Å². The lowest BCUT2D eigenvalue weighted by molar-refractivity contribution is -0.154. The second-order valence-corrected chi connectivity index (χ2v) is 10.7. The summed E-state index contributed by atoms with van der Waals surface area (Å²) in [5, 5.41) is 0. The Hall–Kier alpha value is -0.760. The van der Waals surface area contributed by atoms with E-state index in [0.29, 0.717) is 42.6 Å². The van der Waals surface area contributed by atoms with Crippen molar-refractivity contribution in [3.63, 3.8) is 0 Å². The van der Waals surface area contributed by atoms with Crippen molar-refractivity contribution in [2.45, 2.75) is 57.8 Å². The molecule has 0 aromatic rings. The van der Waals surface area contributed by atoms with E-state index in [-0.39, 0.29) is 23.8 Å². The molecule has 27 heavy (non-hydrogen) atoms. The molecule has 0 saturated carbocycles. The molecule has 2 fully saturated rings. The summed E-state index contributed by atoms with van der Waals surface area (Å²) in [6.07, 6.45) is 7.34. The number of hydrogen-bond acceptors (Lipinski definition) is 6. The maximum atomic E-state index is 12.0. The van der Waals surface area contributed by atoms with Crippen LogP contribution in [0.25, 0.3) is 0 Å². The Balaban J connectivity index is 1.47. The summed E-state index contributed by atoms with van der Waals surface area (Å²) in [5.41, 5.74) is 0. The fourth-order valence-corrected chi connectivity index (χ4v) is 6.07. The summed E-state index contributed by atoms with van der Waals surface area (Å²) in [5.74, 6) is 2.06. The highest BCUT2D eigenvalue weighted by Crippen LogP contribution is 2.21. The topological polar surface area (TPSA) is 86.7 Å². The number of rotatable bonds is 12. The zero-order chi connectivity index (χ0) is 19.5. The predicted octanol–water partition coefficient (Wildman–Crippen LogP) is 2.34. The van der Waals surface area contributed by atoms with Crippen molar-refractivity contribution in [2.75, 3.05) is 36.2 Å². The van der Waals surface area contributed by atoms with E-state index in [1.165, 1.54) is 0 Å². The van der Waals surface area contributed by atoms with Crippen LogP contribution in [0.4, 0.5) is 0 Å². The van der Waals surface area contributed by atoms with E-state index in [1.807, 2.05) is 0 Å². The van der Waals surface area contributed by atoms with Gasteiger partial charge in [-0.1, -0.05) is 0 Å². The first kappa shape index (κ1) is 22.5. The van der Waals surface area contributed by atoms with Gasteiger partial charge in [-0.05, 0) is 57.8 Å². The normalized spacial score (nSPS) is 25.5. The van der Waals surface area contributed by atoms with Gasteiger partial charge in [0.15, 0.2) is 0 Å². The number of cyclic esters (lactones) is 2. The number of hydrogen-bond donors (Lipinski definition) is 0. The minimum Gasteiger partial charge on any atom is -0.465 e. The molecule has 2 heterocycles. The minimum atomic E-state index is -0.914.